The van der Waals surface area contributed by atoms with Crippen LogP contribution in [0, 0.1) is 0 Å². The lowest BCUT2D eigenvalue weighted by atomic mass is 10.4. The molecule has 0 aromatic carbocycles. The van der Waals surface area contributed by atoms with Gasteiger partial charge in [0.05, 0.1) is 5.69 Å². The topological polar surface area (TPSA) is 72.9 Å². The predicted molar refractivity (Wildman–Crippen MR) is 48.7 cm³/mol. The quantitative estimate of drug-likeness (QED) is 0.596. The van der Waals surface area contributed by atoms with E-state index in [1.807, 2.05) is 19.3 Å². The highest BCUT2D eigenvalue weighted by atomic mass is 16.1. The minimum Gasteiger partial charge on any atom is -0.370 e. The van der Waals surface area contributed by atoms with Gasteiger partial charge in [0.1, 0.15) is 0 Å². The van der Waals surface area contributed by atoms with Crippen molar-refractivity contribution in [2.45, 2.75) is 13.0 Å². The fourth-order valence-corrected chi connectivity index (χ4v) is 0.986. The molecule has 0 fully saturated rings. The Balaban J connectivity index is 2.16. The monoisotopic (exact) mass is 182 g/mol. The zero-order valence-electron chi connectivity index (χ0n) is 7.66. The van der Waals surface area contributed by atoms with E-state index in [1.165, 1.54) is 0 Å². The minimum absolute atomic E-state index is 0.284. The molecule has 1 amide bonds. The number of aryl methyl sites for hydroxylation is 1. The molecule has 0 unspecified atom stereocenters. The second-order valence-corrected chi connectivity index (χ2v) is 2.87. The average Bonchev–Trinajstić information content (AvgIpc) is 2.45. The first-order chi connectivity index (χ1) is 6.18. The van der Waals surface area contributed by atoms with Crippen molar-refractivity contribution in [2.75, 3.05) is 6.54 Å². The van der Waals surface area contributed by atoms with Crippen LogP contribution in [0.5, 0.6) is 0 Å². The van der Waals surface area contributed by atoms with Gasteiger partial charge in [-0.2, -0.15) is 5.10 Å². The Morgan fingerprint density at radius 2 is 2.54 bits per heavy atom. The Morgan fingerprint density at radius 3 is 3.08 bits per heavy atom. The number of nitrogens with one attached hydrogen (secondary N) is 1. The number of hydrogen-bond acceptors (Lipinski definition) is 3. The van der Waals surface area contributed by atoms with Crippen LogP contribution >= 0.6 is 0 Å². The van der Waals surface area contributed by atoms with Gasteiger partial charge in [-0.05, 0) is 6.07 Å². The molecule has 1 heterocycles. The molecule has 3 N–H and O–H groups in total. The minimum atomic E-state index is -0.284. The van der Waals surface area contributed by atoms with Crippen LogP contribution in [-0.2, 0) is 18.4 Å². The molecule has 1 rings (SSSR count). The maximum atomic E-state index is 10.4. The third-order valence-electron chi connectivity index (χ3n) is 1.62. The number of nitrogens with two attached hydrogens (primary N) is 1. The molecule has 72 valence electrons. The molecule has 5 nitrogen and oxygen atoms in total. The number of rotatable bonds is 5. The third kappa shape index (κ3) is 3.71. The first-order valence-corrected chi connectivity index (χ1v) is 4.16. The zero-order chi connectivity index (χ0) is 9.68. The Morgan fingerprint density at radius 1 is 1.77 bits per heavy atom. The van der Waals surface area contributed by atoms with Gasteiger partial charge in [0, 0.05) is 32.8 Å². The standard InChI is InChI=1S/C8H14N4O/c1-12-5-3-7(11-12)6-10-4-2-8(9)13/h3,5,10H,2,4,6H2,1H3,(H2,9,13). The summed E-state index contributed by atoms with van der Waals surface area (Å²) < 4.78 is 1.74. The maximum Gasteiger partial charge on any atom is 0.218 e. The average molecular weight is 182 g/mol. The summed E-state index contributed by atoms with van der Waals surface area (Å²) in [7, 11) is 1.87. The smallest absolute Gasteiger partial charge is 0.218 e. The van der Waals surface area contributed by atoms with Gasteiger partial charge in [-0.15, -0.1) is 0 Å². The lowest BCUT2D eigenvalue weighted by Gasteiger charge is -1.99. The molecular weight excluding hydrogens is 168 g/mol. The van der Waals surface area contributed by atoms with Gasteiger partial charge in [0.15, 0.2) is 0 Å². The number of carbonyl (C=O) groups excluding carboxylic acids is 1. The van der Waals surface area contributed by atoms with Crippen LogP contribution in [0.3, 0.4) is 0 Å². The van der Waals surface area contributed by atoms with Gasteiger partial charge < -0.3 is 11.1 Å². The fraction of sp³-hybridized carbons (Fsp3) is 0.500. The number of carbonyl (C=O) groups is 1. The van der Waals surface area contributed by atoms with Crippen molar-refractivity contribution in [1.82, 2.24) is 15.1 Å². The number of aromatic nitrogens is 2. The highest BCUT2D eigenvalue weighted by Gasteiger charge is 1.96. The summed E-state index contributed by atoms with van der Waals surface area (Å²) in [6.07, 6.45) is 2.25. The van der Waals surface area contributed by atoms with E-state index in [9.17, 15) is 4.79 Å². The zero-order valence-corrected chi connectivity index (χ0v) is 7.66. The highest BCUT2D eigenvalue weighted by Crippen LogP contribution is 1.92. The van der Waals surface area contributed by atoms with Crippen LogP contribution in [0.1, 0.15) is 12.1 Å². The molecule has 1 aromatic heterocycles. The second kappa shape index (κ2) is 4.61. The first-order valence-electron chi connectivity index (χ1n) is 4.16. The highest BCUT2D eigenvalue weighted by molar-refractivity contribution is 5.73. The van der Waals surface area contributed by atoms with Crippen LogP contribution in [0.15, 0.2) is 12.3 Å². The summed E-state index contributed by atoms with van der Waals surface area (Å²) in [6, 6.07) is 1.93. The molecule has 0 spiro atoms. The Labute approximate surface area is 76.9 Å². The molecule has 0 saturated heterocycles. The van der Waals surface area contributed by atoms with E-state index < -0.39 is 0 Å². The van der Waals surface area contributed by atoms with Crippen molar-refractivity contribution < 1.29 is 4.79 Å². The molecule has 0 aliphatic carbocycles. The molecule has 0 aliphatic heterocycles. The Hall–Kier alpha value is -1.36. The van der Waals surface area contributed by atoms with Crippen molar-refractivity contribution in [2.24, 2.45) is 12.8 Å². The van der Waals surface area contributed by atoms with Gasteiger partial charge in [-0.1, -0.05) is 0 Å². The Bertz CT molecular complexity index is 281. The van der Waals surface area contributed by atoms with Crippen LogP contribution in [0.25, 0.3) is 0 Å². The van der Waals surface area contributed by atoms with E-state index in [-0.39, 0.29) is 5.91 Å². The SMILES string of the molecule is Cn1ccc(CNCCC(N)=O)n1. The van der Waals surface area contributed by atoms with Crippen LogP contribution in [0.2, 0.25) is 0 Å². The van der Waals surface area contributed by atoms with Gasteiger partial charge in [0.25, 0.3) is 0 Å². The third-order valence-corrected chi connectivity index (χ3v) is 1.62. The van der Waals surface area contributed by atoms with E-state index >= 15 is 0 Å². The summed E-state index contributed by atoms with van der Waals surface area (Å²) in [5.41, 5.74) is 5.94. The van der Waals surface area contributed by atoms with Gasteiger partial charge in [-0.3, -0.25) is 9.48 Å². The molecule has 0 bridgehead atoms. The molecule has 13 heavy (non-hydrogen) atoms. The number of hydrogen-bond donors (Lipinski definition) is 2. The number of primary amides is 1. The van der Waals surface area contributed by atoms with E-state index in [4.69, 9.17) is 5.73 Å². The van der Waals surface area contributed by atoms with Crippen molar-refractivity contribution in [3.05, 3.63) is 18.0 Å². The van der Waals surface area contributed by atoms with Crippen molar-refractivity contribution in [3.63, 3.8) is 0 Å². The van der Waals surface area contributed by atoms with E-state index in [0.717, 1.165) is 5.69 Å². The first kappa shape index (κ1) is 9.73. The molecule has 0 saturated carbocycles. The van der Waals surface area contributed by atoms with Crippen molar-refractivity contribution in [1.29, 1.82) is 0 Å². The lowest BCUT2D eigenvalue weighted by Crippen LogP contribution is -2.21. The number of amides is 1. The van der Waals surface area contributed by atoms with Crippen LogP contribution < -0.4 is 11.1 Å². The molecule has 0 atom stereocenters. The summed E-state index contributed by atoms with van der Waals surface area (Å²) in [5.74, 6) is -0.284. The van der Waals surface area contributed by atoms with Crippen molar-refractivity contribution in [3.8, 4) is 0 Å². The fourth-order valence-electron chi connectivity index (χ4n) is 0.986. The normalized spacial score (nSPS) is 10.2. The van der Waals surface area contributed by atoms with Crippen LogP contribution in [-0.4, -0.2) is 22.2 Å². The molecule has 0 aliphatic rings. The predicted octanol–water partition coefficient (Wildman–Crippen LogP) is -0.615. The number of nitrogens with zero attached hydrogens (tertiary/aromatic N) is 2. The lowest BCUT2D eigenvalue weighted by molar-refractivity contribution is -0.117. The molecule has 0 radical (unpaired) electrons. The molecular formula is C8H14N4O. The largest absolute Gasteiger partial charge is 0.370 e. The summed E-state index contributed by atoms with van der Waals surface area (Å²) in [5, 5.41) is 7.24. The van der Waals surface area contributed by atoms with E-state index in [0.29, 0.717) is 19.5 Å². The van der Waals surface area contributed by atoms with Gasteiger partial charge in [0.2, 0.25) is 5.91 Å². The van der Waals surface area contributed by atoms with E-state index in [2.05, 4.69) is 10.4 Å². The second-order valence-electron chi connectivity index (χ2n) is 2.87. The molecule has 1 aromatic rings. The van der Waals surface area contributed by atoms with Gasteiger partial charge in [-0.25, -0.2) is 0 Å². The molecule has 5 heteroatoms. The van der Waals surface area contributed by atoms with Crippen LogP contribution in [0.4, 0.5) is 0 Å². The Kier molecular flexibility index (Phi) is 3.45. The van der Waals surface area contributed by atoms with Gasteiger partial charge >= 0.3 is 0 Å². The summed E-state index contributed by atoms with van der Waals surface area (Å²) >= 11 is 0. The summed E-state index contributed by atoms with van der Waals surface area (Å²) in [6.45, 7) is 1.28. The summed E-state index contributed by atoms with van der Waals surface area (Å²) in [4.78, 5) is 10.4. The van der Waals surface area contributed by atoms with Crippen molar-refractivity contribution >= 4 is 5.91 Å². The maximum absolute atomic E-state index is 10.4. The van der Waals surface area contributed by atoms with E-state index in [1.54, 1.807) is 4.68 Å².